The highest BCUT2D eigenvalue weighted by Crippen LogP contribution is 2.37. The van der Waals surface area contributed by atoms with Crippen LogP contribution in [0.5, 0.6) is 0 Å². The lowest BCUT2D eigenvalue weighted by Gasteiger charge is -2.06. The number of tetrazole rings is 1. The molecule has 0 bridgehead atoms. The molecule has 0 fully saturated rings. The van der Waals surface area contributed by atoms with Crippen LogP contribution < -0.4 is 0 Å². The molecule has 1 aliphatic rings. The van der Waals surface area contributed by atoms with Gasteiger partial charge in [0.2, 0.25) is 0 Å². The Morgan fingerprint density at radius 1 is 1.40 bits per heavy atom. The van der Waals surface area contributed by atoms with Gasteiger partial charge in [-0.2, -0.15) is 5.21 Å². The highest BCUT2D eigenvalue weighted by molar-refractivity contribution is 6.30. The average Bonchev–Trinajstić information content (AvgIpc) is 2.83. The summed E-state index contributed by atoms with van der Waals surface area (Å²) >= 11 is 5.99. The molecule has 0 amide bonds. The standard InChI is InChI=1S/C10H9ClN4/c11-7-3-1-6-2-4-8(9(6)5-7)10-12-14-15-13-10/h1,3,5,8H,2,4H2,(H,12,13,14,15). The van der Waals surface area contributed by atoms with Crippen LogP contribution in [0, 0.1) is 0 Å². The van der Waals surface area contributed by atoms with E-state index in [9.17, 15) is 0 Å². The summed E-state index contributed by atoms with van der Waals surface area (Å²) in [5.74, 6) is 1.01. The minimum Gasteiger partial charge on any atom is -0.177 e. The normalized spacial score (nSPS) is 19.1. The van der Waals surface area contributed by atoms with Crippen LogP contribution in [-0.4, -0.2) is 20.6 Å². The Kier molecular flexibility index (Phi) is 1.95. The number of hydrogen-bond acceptors (Lipinski definition) is 3. The molecule has 76 valence electrons. The lowest BCUT2D eigenvalue weighted by atomic mass is 10.0. The molecule has 0 saturated carbocycles. The summed E-state index contributed by atoms with van der Waals surface area (Å²) in [6.45, 7) is 0. The number of aromatic nitrogens is 4. The van der Waals surface area contributed by atoms with Crippen molar-refractivity contribution >= 4 is 11.6 Å². The van der Waals surface area contributed by atoms with Gasteiger partial charge in [-0.3, -0.25) is 0 Å². The van der Waals surface area contributed by atoms with Crippen LogP contribution in [0.1, 0.15) is 29.3 Å². The Balaban J connectivity index is 2.08. The van der Waals surface area contributed by atoms with Gasteiger partial charge in [0.1, 0.15) is 0 Å². The van der Waals surface area contributed by atoms with E-state index in [0.29, 0.717) is 0 Å². The molecule has 1 N–H and O–H groups in total. The summed E-state index contributed by atoms with van der Waals surface area (Å²) in [6, 6.07) is 6.02. The van der Waals surface area contributed by atoms with E-state index in [1.807, 2.05) is 12.1 Å². The van der Waals surface area contributed by atoms with Gasteiger partial charge >= 0.3 is 0 Å². The van der Waals surface area contributed by atoms with E-state index < -0.39 is 0 Å². The summed E-state index contributed by atoms with van der Waals surface area (Å²) < 4.78 is 0. The molecule has 1 atom stereocenters. The van der Waals surface area contributed by atoms with Crippen molar-refractivity contribution in [1.82, 2.24) is 20.6 Å². The SMILES string of the molecule is Clc1ccc2c(c1)C(c1nn[nH]n1)CC2. The molecular weight excluding hydrogens is 212 g/mol. The molecule has 0 aliphatic heterocycles. The van der Waals surface area contributed by atoms with Gasteiger partial charge in [0.05, 0.1) is 0 Å². The average molecular weight is 221 g/mol. The van der Waals surface area contributed by atoms with E-state index in [4.69, 9.17) is 11.6 Å². The summed E-state index contributed by atoms with van der Waals surface area (Å²) in [7, 11) is 0. The van der Waals surface area contributed by atoms with Gasteiger partial charge in [-0.05, 0) is 36.1 Å². The largest absolute Gasteiger partial charge is 0.182 e. The van der Waals surface area contributed by atoms with Crippen molar-refractivity contribution in [2.24, 2.45) is 0 Å². The first-order valence-corrected chi connectivity index (χ1v) is 5.24. The molecule has 2 aromatic rings. The van der Waals surface area contributed by atoms with Gasteiger partial charge < -0.3 is 0 Å². The van der Waals surface area contributed by atoms with Crippen molar-refractivity contribution in [3.8, 4) is 0 Å². The fourth-order valence-corrected chi connectivity index (χ4v) is 2.34. The minimum atomic E-state index is 0.248. The van der Waals surface area contributed by atoms with Crippen LogP contribution in [0.4, 0.5) is 0 Å². The Bertz CT molecular complexity index is 480. The first kappa shape index (κ1) is 8.85. The van der Waals surface area contributed by atoms with E-state index in [-0.39, 0.29) is 5.92 Å². The summed E-state index contributed by atoms with van der Waals surface area (Å²) in [5.41, 5.74) is 2.58. The second kappa shape index (κ2) is 3.31. The van der Waals surface area contributed by atoms with Gasteiger partial charge in [0, 0.05) is 10.9 Å². The number of halogens is 1. The summed E-state index contributed by atoms with van der Waals surface area (Å²) in [5, 5.41) is 14.9. The molecule has 1 aliphatic carbocycles. The van der Waals surface area contributed by atoms with Crippen LogP contribution >= 0.6 is 11.6 Å². The zero-order chi connectivity index (χ0) is 10.3. The van der Waals surface area contributed by atoms with Crippen LogP contribution in [-0.2, 0) is 6.42 Å². The van der Waals surface area contributed by atoms with Crippen molar-refractivity contribution in [1.29, 1.82) is 0 Å². The third-order valence-electron chi connectivity index (χ3n) is 2.86. The first-order valence-electron chi connectivity index (χ1n) is 4.86. The van der Waals surface area contributed by atoms with E-state index in [1.165, 1.54) is 11.1 Å². The Morgan fingerprint density at radius 2 is 2.33 bits per heavy atom. The Labute approximate surface area is 91.7 Å². The lowest BCUT2D eigenvalue weighted by Crippen LogP contribution is -1.98. The number of rotatable bonds is 1. The predicted octanol–water partition coefficient (Wildman–Crippen LogP) is 1.93. The fourth-order valence-electron chi connectivity index (χ4n) is 2.16. The molecule has 3 rings (SSSR count). The molecule has 0 radical (unpaired) electrons. The fraction of sp³-hybridized carbons (Fsp3) is 0.300. The lowest BCUT2D eigenvalue weighted by molar-refractivity contribution is 0.731. The molecule has 0 saturated heterocycles. The third kappa shape index (κ3) is 1.41. The van der Waals surface area contributed by atoms with Crippen LogP contribution in [0.25, 0.3) is 0 Å². The van der Waals surface area contributed by atoms with E-state index in [1.54, 1.807) is 0 Å². The molecule has 1 heterocycles. The van der Waals surface area contributed by atoms with Crippen molar-refractivity contribution in [2.75, 3.05) is 0 Å². The number of benzene rings is 1. The molecule has 1 aromatic carbocycles. The highest BCUT2D eigenvalue weighted by atomic mass is 35.5. The predicted molar refractivity (Wildman–Crippen MR) is 55.8 cm³/mol. The number of nitrogens with zero attached hydrogens (tertiary/aromatic N) is 3. The Morgan fingerprint density at radius 3 is 3.13 bits per heavy atom. The van der Waals surface area contributed by atoms with Gasteiger partial charge in [-0.1, -0.05) is 22.9 Å². The number of fused-ring (bicyclic) bond motifs is 1. The molecule has 4 nitrogen and oxygen atoms in total. The van der Waals surface area contributed by atoms with Crippen LogP contribution in [0.2, 0.25) is 5.02 Å². The van der Waals surface area contributed by atoms with E-state index in [2.05, 4.69) is 26.7 Å². The molecule has 0 spiro atoms. The van der Waals surface area contributed by atoms with Crippen molar-refractivity contribution in [2.45, 2.75) is 18.8 Å². The zero-order valence-corrected chi connectivity index (χ0v) is 8.70. The van der Waals surface area contributed by atoms with Crippen molar-refractivity contribution in [3.05, 3.63) is 40.2 Å². The van der Waals surface area contributed by atoms with Gasteiger partial charge in [0.15, 0.2) is 5.82 Å². The topological polar surface area (TPSA) is 54.5 Å². The van der Waals surface area contributed by atoms with Crippen LogP contribution in [0.3, 0.4) is 0 Å². The minimum absolute atomic E-state index is 0.248. The van der Waals surface area contributed by atoms with Crippen LogP contribution in [0.15, 0.2) is 18.2 Å². The van der Waals surface area contributed by atoms with E-state index >= 15 is 0 Å². The second-order valence-electron chi connectivity index (χ2n) is 3.70. The maximum absolute atomic E-state index is 5.99. The molecule has 1 unspecified atom stereocenters. The van der Waals surface area contributed by atoms with Crippen molar-refractivity contribution in [3.63, 3.8) is 0 Å². The smallest absolute Gasteiger partial charge is 0.177 e. The summed E-state index contributed by atoms with van der Waals surface area (Å²) in [6.07, 6.45) is 2.10. The molecule has 15 heavy (non-hydrogen) atoms. The van der Waals surface area contributed by atoms with Gasteiger partial charge in [-0.15, -0.1) is 10.2 Å². The zero-order valence-electron chi connectivity index (χ0n) is 7.94. The Hall–Kier alpha value is -1.42. The maximum Gasteiger partial charge on any atom is 0.182 e. The number of aromatic amines is 1. The summed E-state index contributed by atoms with van der Waals surface area (Å²) in [4.78, 5) is 0. The highest BCUT2D eigenvalue weighted by Gasteiger charge is 2.27. The number of nitrogens with one attached hydrogen (secondary N) is 1. The first-order chi connectivity index (χ1) is 7.34. The number of H-pyrrole nitrogens is 1. The van der Waals surface area contributed by atoms with Crippen molar-refractivity contribution < 1.29 is 0 Å². The molecular formula is C10H9ClN4. The number of aryl methyl sites for hydroxylation is 1. The molecule has 1 aromatic heterocycles. The third-order valence-corrected chi connectivity index (χ3v) is 3.09. The van der Waals surface area contributed by atoms with E-state index in [0.717, 1.165) is 23.7 Å². The molecule has 5 heteroatoms. The maximum atomic E-state index is 5.99. The monoisotopic (exact) mass is 220 g/mol. The van der Waals surface area contributed by atoms with Gasteiger partial charge in [0.25, 0.3) is 0 Å². The second-order valence-corrected chi connectivity index (χ2v) is 4.14. The number of hydrogen-bond donors (Lipinski definition) is 1. The van der Waals surface area contributed by atoms with Gasteiger partial charge in [-0.25, -0.2) is 0 Å². The quantitative estimate of drug-likeness (QED) is 0.799.